The number of rotatable bonds is 91. The van der Waals surface area contributed by atoms with Crippen molar-refractivity contribution in [2.45, 2.75) is 135 Å². The molecule has 0 spiro atoms. The monoisotopic (exact) mass is 1390 g/mol. The molecule has 0 fully saturated rings. The van der Waals surface area contributed by atoms with Gasteiger partial charge in [-0.1, -0.05) is 122 Å². The second-order valence-electron chi connectivity index (χ2n) is 22.3. The molecule has 0 aliphatic heterocycles. The highest BCUT2D eigenvalue weighted by molar-refractivity contribution is 5.75. The predicted molar refractivity (Wildman–Crippen MR) is 369 cm³/mol. The third-order valence-corrected chi connectivity index (χ3v) is 14.0. The Morgan fingerprint density at radius 1 is 0.198 bits per heavy atom. The molecule has 0 bridgehead atoms. The maximum absolute atomic E-state index is 12.1. The lowest BCUT2D eigenvalue weighted by atomic mass is 10.0. The van der Waals surface area contributed by atoms with Crippen LogP contribution in [0.1, 0.15) is 135 Å². The fourth-order valence-electron chi connectivity index (χ4n) is 8.74. The Bertz CT molecular complexity index is 1380. The summed E-state index contributed by atoms with van der Waals surface area (Å²) < 4.78 is 127. The van der Waals surface area contributed by atoms with Crippen molar-refractivity contribution in [3.8, 4) is 0 Å². The first-order valence-corrected chi connectivity index (χ1v) is 37.1. The van der Waals surface area contributed by atoms with Crippen LogP contribution in [0.2, 0.25) is 0 Å². The van der Waals surface area contributed by atoms with Crippen molar-refractivity contribution in [2.75, 3.05) is 317 Å². The molecule has 26 heteroatoms. The SMILES string of the molecule is CCCCCCCCCCCCCCCCCCCCCC(=O)NCCOCCOCCOCCOCCOCCOCCOCCOCCOCCOCCOCCOCCOCCOCCOCCOCCOCCOCCOCCOCCOCCOCCOCCN. The van der Waals surface area contributed by atoms with Gasteiger partial charge in [0.15, 0.2) is 0 Å². The van der Waals surface area contributed by atoms with Crippen LogP contribution in [0.15, 0.2) is 0 Å². The van der Waals surface area contributed by atoms with Gasteiger partial charge in [0.1, 0.15) is 0 Å². The minimum Gasteiger partial charge on any atom is -0.378 e. The van der Waals surface area contributed by atoms with Crippen molar-refractivity contribution >= 4 is 5.91 Å². The van der Waals surface area contributed by atoms with Gasteiger partial charge in [0.05, 0.1) is 304 Å². The minimum atomic E-state index is 0.116. The van der Waals surface area contributed by atoms with Crippen molar-refractivity contribution in [3.63, 3.8) is 0 Å². The molecular weight excluding hydrogens is 1250 g/mol. The van der Waals surface area contributed by atoms with Crippen LogP contribution in [0.5, 0.6) is 0 Å². The molecule has 0 rings (SSSR count). The Labute approximate surface area is 581 Å². The third kappa shape index (κ3) is 90.5. The zero-order valence-electron chi connectivity index (χ0n) is 60.5. The van der Waals surface area contributed by atoms with Crippen molar-refractivity contribution < 1.29 is 114 Å². The summed E-state index contributed by atoms with van der Waals surface area (Å²) in [4.78, 5) is 12.1. The predicted octanol–water partition coefficient (Wildman–Crippen LogP) is 7.27. The Balaban J connectivity index is 3.12. The zero-order valence-corrected chi connectivity index (χ0v) is 60.5. The van der Waals surface area contributed by atoms with Gasteiger partial charge < -0.3 is 120 Å². The number of nitrogens with two attached hydrogens (primary N) is 1. The minimum absolute atomic E-state index is 0.116. The largest absolute Gasteiger partial charge is 0.378 e. The first kappa shape index (κ1) is 94.5. The molecule has 96 heavy (non-hydrogen) atoms. The van der Waals surface area contributed by atoms with Gasteiger partial charge in [0.2, 0.25) is 5.91 Å². The van der Waals surface area contributed by atoms with Crippen molar-refractivity contribution in [2.24, 2.45) is 5.73 Å². The maximum Gasteiger partial charge on any atom is 0.220 e. The number of hydrogen-bond donors (Lipinski definition) is 2. The van der Waals surface area contributed by atoms with Crippen molar-refractivity contribution in [1.29, 1.82) is 0 Å². The van der Waals surface area contributed by atoms with Crippen LogP contribution in [-0.2, 0) is 114 Å². The van der Waals surface area contributed by atoms with Crippen molar-refractivity contribution in [1.82, 2.24) is 5.32 Å². The maximum atomic E-state index is 12.1. The third-order valence-electron chi connectivity index (χ3n) is 14.0. The summed E-state index contributed by atoms with van der Waals surface area (Å²) in [5.41, 5.74) is 5.35. The molecule has 0 heterocycles. The molecule has 0 aromatic carbocycles. The van der Waals surface area contributed by atoms with Gasteiger partial charge in [-0.3, -0.25) is 4.79 Å². The molecule has 0 saturated heterocycles. The first-order chi connectivity index (χ1) is 47.8. The Hall–Kier alpha value is -1.49. The Kier molecular flexibility index (Phi) is 90.1. The smallest absolute Gasteiger partial charge is 0.220 e. The average molecular weight is 1400 g/mol. The molecule has 26 nitrogen and oxygen atoms in total. The molecule has 1 amide bonds. The lowest BCUT2D eigenvalue weighted by Gasteiger charge is -2.09. The van der Waals surface area contributed by atoms with Gasteiger partial charge in [0, 0.05) is 19.5 Å². The summed E-state index contributed by atoms with van der Waals surface area (Å²) in [6.07, 6.45) is 26.3. The molecular formula is C70H142N2O24. The van der Waals surface area contributed by atoms with Crippen LogP contribution in [-0.4, -0.2) is 323 Å². The number of carbonyl (C=O) groups is 1. The molecule has 0 atom stereocenters. The van der Waals surface area contributed by atoms with Gasteiger partial charge in [-0.25, -0.2) is 0 Å². The molecule has 0 aromatic heterocycles. The highest BCUT2D eigenvalue weighted by atomic mass is 16.6. The van der Waals surface area contributed by atoms with Crippen LogP contribution >= 0.6 is 0 Å². The van der Waals surface area contributed by atoms with Crippen LogP contribution in [0.25, 0.3) is 0 Å². The van der Waals surface area contributed by atoms with E-state index >= 15 is 0 Å². The van der Waals surface area contributed by atoms with E-state index in [4.69, 9.17) is 115 Å². The van der Waals surface area contributed by atoms with Gasteiger partial charge >= 0.3 is 0 Å². The van der Waals surface area contributed by atoms with E-state index < -0.39 is 0 Å². The van der Waals surface area contributed by atoms with E-state index in [2.05, 4.69) is 12.2 Å². The second-order valence-corrected chi connectivity index (χ2v) is 22.3. The molecule has 0 saturated carbocycles. The van der Waals surface area contributed by atoms with Gasteiger partial charge in [0.25, 0.3) is 0 Å². The number of carbonyl (C=O) groups excluding carboxylic acids is 1. The van der Waals surface area contributed by atoms with E-state index in [1.165, 1.54) is 109 Å². The molecule has 0 aliphatic rings. The molecule has 0 unspecified atom stereocenters. The van der Waals surface area contributed by atoms with E-state index in [0.29, 0.717) is 323 Å². The van der Waals surface area contributed by atoms with E-state index in [0.717, 1.165) is 12.8 Å². The quantitative estimate of drug-likeness (QED) is 0.0567. The lowest BCUT2D eigenvalue weighted by molar-refractivity contribution is -0.121. The number of hydrogen-bond acceptors (Lipinski definition) is 25. The normalized spacial score (nSPS) is 11.7. The number of unbranched alkanes of at least 4 members (excludes halogenated alkanes) is 18. The van der Waals surface area contributed by atoms with Gasteiger partial charge in [-0.15, -0.1) is 0 Å². The standard InChI is InChI=1S/C70H142N2O24/c1-2-3-4-5-6-7-8-9-10-11-12-13-14-15-16-17-18-19-20-21-70(73)72-23-25-75-27-29-77-31-33-79-35-37-81-39-41-83-43-45-85-47-49-87-51-53-89-55-57-91-59-61-93-63-65-95-67-69-96-68-66-94-64-62-92-60-58-90-56-54-88-52-50-86-48-46-84-44-42-82-40-38-80-36-34-78-32-30-76-28-26-74-24-22-71/h2-69,71H2,1H3,(H,72,73). The van der Waals surface area contributed by atoms with Crippen molar-refractivity contribution in [3.05, 3.63) is 0 Å². The Morgan fingerprint density at radius 3 is 0.490 bits per heavy atom. The zero-order chi connectivity index (χ0) is 68.6. The summed E-state index contributed by atoms with van der Waals surface area (Å²) in [7, 11) is 0. The van der Waals surface area contributed by atoms with Crippen LogP contribution in [0.3, 0.4) is 0 Å². The fraction of sp³-hybridized carbons (Fsp3) is 0.986. The Morgan fingerprint density at radius 2 is 0.333 bits per heavy atom. The van der Waals surface area contributed by atoms with Gasteiger partial charge in [-0.05, 0) is 6.42 Å². The second kappa shape index (κ2) is 91.5. The summed E-state index contributed by atoms with van der Waals surface area (Å²) >= 11 is 0. The fourth-order valence-corrected chi connectivity index (χ4v) is 8.74. The lowest BCUT2D eigenvalue weighted by Crippen LogP contribution is -2.27. The molecule has 0 aliphatic carbocycles. The summed E-state index contributed by atoms with van der Waals surface area (Å²) in [5, 5.41) is 2.96. The highest BCUT2D eigenvalue weighted by Crippen LogP contribution is 2.15. The number of ether oxygens (including phenoxy) is 23. The first-order valence-electron chi connectivity index (χ1n) is 37.1. The van der Waals surface area contributed by atoms with Crippen LogP contribution in [0, 0.1) is 0 Å². The molecule has 0 aromatic rings. The summed E-state index contributed by atoms with van der Waals surface area (Å²) in [6, 6.07) is 0. The van der Waals surface area contributed by atoms with E-state index in [1.807, 2.05) is 0 Å². The summed E-state index contributed by atoms with van der Waals surface area (Å²) in [6.45, 7) is 26.1. The number of nitrogens with one attached hydrogen (secondary N) is 1. The highest BCUT2D eigenvalue weighted by Gasteiger charge is 2.04. The van der Waals surface area contributed by atoms with Gasteiger partial charge in [-0.2, -0.15) is 0 Å². The van der Waals surface area contributed by atoms with Crippen LogP contribution in [0.4, 0.5) is 0 Å². The average Bonchev–Trinajstić information content (AvgIpc) is 3.64. The molecule has 0 radical (unpaired) electrons. The number of amides is 1. The van der Waals surface area contributed by atoms with E-state index in [-0.39, 0.29) is 5.91 Å². The molecule has 3 N–H and O–H groups in total. The van der Waals surface area contributed by atoms with E-state index in [9.17, 15) is 4.79 Å². The molecule has 576 valence electrons. The topological polar surface area (TPSA) is 267 Å². The summed E-state index contributed by atoms with van der Waals surface area (Å²) in [5.74, 6) is 0.116. The van der Waals surface area contributed by atoms with E-state index in [1.54, 1.807) is 0 Å². The van der Waals surface area contributed by atoms with Crippen LogP contribution < -0.4 is 11.1 Å².